The molecular weight excluding hydrogens is 514 g/mol. The SMILES string of the molecule is Cc1cscc1C(C)OC(=O)Nc1cc(Cl)sc1-c1ccccc1-c1ccc(C2(C(=O)O)CC2)cc1. The van der Waals surface area contributed by atoms with Crippen molar-refractivity contribution >= 4 is 52.0 Å². The number of halogens is 1. The van der Waals surface area contributed by atoms with Gasteiger partial charge in [0.05, 0.1) is 20.3 Å². The van der Waals surface area contributed by atoms with Crippen LogP contribution in [0.15, 0.2) is 65.4 Å². The fourth-order valence-corrected chi connectivity index (χ4v) is 6.61. The first-order valence-electron chi connectivity index (χ1n) is 11.5. The number of aliphatic carboxylic acids is 1. The number of carbonyl (C=O) groups is 2. The summed E-state index contributed by atoms with van der Waals surface area (Å²) >= 11 is 9.34. The Bertz CT molecular complexity index is 1440. The minimum absolute atomic E-state index is 0.375. The standard InChI is InChI=1S/C28H24ClNO4S2/c1-16-14-35-15-22(16)17(2)34-27(33)30-23-13-24(29)36-25(23)21-6-4-3-5-20(21)18-7-9-19(10-8-18)28(11-12-28)26(31)32/h3-10,13-15,17H,11-12H2,1-2H3,(H,30,33)(H,31,32). The summed E-state index contributed by atoms with van der Waals surface area (Å²) in [6.45, 7) is 3.85. The molecule has 1 amide bonds. The molecule has 1 saturated carbocycles. The van der Waals surface area contributed by atoms with Gasteiger partial charge in [0.25, 0.3) is 0 Å². The molecule has 0 radical (unpaired) electrons. The summed E-state index contributed by atoms with van der Waals surface area (Å²) in [4.78, 5) is 25.3. The topological polar surface area (TPSA) is 75.6 Å². The van der Waals surface area contributed by atoms with Crippen molar-refractivity contribution in [3.05, 3.63) is 86.4 Å². The van der Waals surface area contributed by atoms with Crippen LogP contribution in [-0.4, -0.2) is 17.2 Å². The summed E-state index contributed by atoms with van der Waals surface area (Å²) in [6.07, 6.45) is 0.415. The molecule has 2 N–H and O–H groups in total. The van der Waals surface area contributed by atoms with Crippen molar-refractivity contribution in [2.45, 2.75) is 38.2 Å². The Morgan fingerprint density at radius 1 is 1.08 bits per heavy atom. The van der Waals surface area contributed by atoms with Crippen LogP contribution in [0, 0.1) is 6.92 Å². The number of thiophene rings is 2. The normalized spacial score (nSPS) is 14.8. The van der Waals surface area contributed by atoms with E-state index in [1.54, 1.807) is 17.4 Å². The summed E-state index contributed by atoms with van der Waals surface area (Å²) in [6, 6.07) is 17.3. The van der Waals surface area contributed by atoms with Crippen LogP contribution < -0.4 is 5.32 Å². The van der Waals surface area contributed by atoms with E-state index in [4.69, 9.17) is 16.3 Å². The van der Waals surface area contributed by atoms with Gasteiger partial charge in [0.1, 0.15) is 6.10 Å². The fourth-order valence-electron chi connectivity index (χ4n) is 4.46. The van der Waals surface area contributed by atoms with E-state index in [1.807, 2.05) is 73.1 Å². The summed E-state index contributed by atoms with van der Waals surface area (Å²) < 4.78 is 6.18. The van der Waals surface area contributed by atoms with Gasteiger partial charge in [0, 0.05) is 11.1 Å². The predicted molar refractivity (Wildman–Crippen MR) is 146 cm³/mol. The third kappa shape index (κ3) is 4.66. The first-order valence-corrected chi connectivity index (χ1v) is 13.7. The van der Waals surface area contributed by atoms with E-state index >= 15 is 0 Å². The van der Waals surface area contributed by atoms with Crippen LogP contribution >= 0.6 is 34.3 Å². The summed E-state index contributed by atoms with van der Waals surface area (Å²) in [7, 11) is 0. The molecule has 8 heteroatoms. The van der Waals surface area contributed by atoms with Gasteiger partial charge in [0.2, 0.25) is 0 Å². The molecule has 184 valence electrons. The Morgan fingerprint density at radius 2 is 1.78 bits per heavy atom. The molecule has 1 aliphatic rings. The van der Waals surface area contributed by atoms with Crippen LogP contribution in [0.1, 0.15) is 42.6 Å². The molecule has 2 aromatic heterocycles. The molecule has 1 atom stereocenters. The molecule has 4 aromatic rings. The summed E-state index contributed by atoms with van der Waals surface area (Å²) in [5.41, 5.74) is 5.58. The Kier molecular flexibility index (Phi) is 6.64. The second kappa shape index (κ2) is 9.73. The van der Waals surface area contributed by atoms with Crippen LogP contribution in [0.3, 0.4) is 0 Å². The van der Waals surface area contributed by atoms with Gasteiger partial charge in [-0.2, -0.15) is 11.3 Å². The zero-order valence-electron chi connectivity index (χ0n) is 19.7. The van der Waals surface area contributed by atoms with Gasteiger partial charge in [-0.05, 0) is 65.8 Å². The first kappa shape index (κ1) is 24.6. The van der Waals surface area contributed by atoms with Crippen LogP contribution in [0.4, 0.5) is 10.5 Å². The number of amides is 1. The van der Waals surface area contributed by atoms with E-state index in [-0.39, 0.29) is 6.10 Å². The van der Waals surface area contributed by atoms with Crippen molar-refractivity contribution in [2.75, 3.05) is 5.32 Å². The highest BCUT2D eigenvalue weighted by molar-refractivity contribution is 7.20. The largest absolute Gasteiger partial charge is 0.481 e. The van der Waals surface area contributed by atoms with Crippen molar-refractivity contribution in [1.29, 1.82) is 0 Å². The molecular formula is C28H24ClNO4S2. The molecule has 1 aliphatic carbocycles. The molecule has 36 heavy (non-hydrogen) atoms. The van der Waals surface area contributed by atoms with Crippen molar-refractivity contribution < 1.29 is 19.4 Å². The number of benzene rings is 2. The minimum Gasteiger partial charge on any atom is -0.481 e. The van der Waals surface area contributed by atoms with E-state index in [9.17, 15) is 14.7 Å². The van der Waals surface area contributed by atoms with E-state index in [1.165, 1.54) is 11.3 Å². The zero-order chi connectivity index (χ0) is 25.4. The molecule has 0 bridgehead atoms. The predicted octanol–water partition coefficient (Wildman–Crippen LogP) is 8.53. The molecule has 2 aromatic carbocycles. The van der Waals surface area contributed by atoms with Gasteiger partial charge in [-0.3, -0.25) is 10.1 Å². The average Bonchev–Trinajstić information content (AvgIpc) is 3.44. The van der Waals surface area contributed by atoms with Crippen LogP contribution in [-0.2, 0) is 14.9 Å². The highest BCUT2D eigenvalue weighted by Gasteiger charge is 2.51. The van der Waals surface area contributed by atoms with Gasteiger partial charge in [-0.1, -0.05) is 60.1 Å². The molecule has 1 fully saturated rings. The lowest BCUT2D eigenvalue weighted by molar-refractivity contribution is -0.140. The molecule has 1 unspecified atom stereocenters. The molecule has 0 spiro atoms. The van der Waals surface area contributed by atoms with Crippen molar-refractivity contribution in [2.24, 2.45) is 0 Å². The first-order chi connectivity index (χ1) is 17.3. The zero-order valence-corrected chi connectivity index (χ0v) is 22.1. The highest BCUT2D eigenvalue weighted by atomic mass is 35.5. The number of rotatable bonds is 7. The number of anilines is 1. The van der Waals surface area contributed by atoms with Gasteiger partial charge in [-0.15, -0.1) is 11.3 Å². The molecule has 5 nitrogen and oxygen atoms in total. The number of ether oxygens (including phenoxy) is 1. The smallest absolute Gasteiger partial charge is 0.412 e. The number of aryl methyl sites for hydroxylation is 1. The van der Waals surface area contributed by atoms with Crippen LogP contribution in [0.2, 0.25) is 4.34 Å². The van der Waals surface area contributed by atoms with E-state index < -0.39 is 17.5 Å². The maximum Gasteiger partial charge on any atom is 0.412 e. The van der Waals surface area contributed by atoms with E-state index in [0.29, 0.717) is 22.9 Å². The number of hydrogen-bond acceptors (Lipinski definition) is 5. The maximum atomic E-state index is 12.8. The minimum atomic E-state index is -0.769. The Hall–Kier alpha value is -3.13. The van der Waals surface area contributed by atoms with E-state index in [2.05, 4.69) is 5.32 Å². The highest BCUT2D eigenvalue weighted by Crippen LogP contribution is 2.49. The van der Waals surface area contributed by atoms with E-state index in [0.717, 1.165) is 38.3 Å². The molecule has 2 heterocycles. The van der Waals surface area contributed by atoms with Crippen molar-refractivity contribution in [1.82, 2.24) is 0 Å². The number of carboxylic acid groups (broad SMARTS) is 1. The number of carbonyl (C=O) groups excluding carboxylic acids is 1. The monoisotopic (exact) mass is 537 g/mol. The van der Waals surface area contributed by atoms with Gasteiger partial charge >= 0.3 is 12.1 Å². The third-order valence-corrected chi connectivity index (χ3v) is 8.81. The summed E-state index contributed by atoms with van der Waals surface area (Å²) in [5, 5.41) is 16.5. The Morgan fingerprint density at radius 3 is 2.39 bits per heavy atom. The fraction of sp³-hybridized carbons (Fsp3) is 0.214. The van der Waals surface area contributed by atoms with Gasteiger partial charge < -0.3 is 9.84 Å². The average molecular weight is 538 g/mol. The molecule has 5 rings (SSSR count). The van der Waals surface area contributed by atoms with Crippen molar-refractivity contribution in [3.63, 3.8) is 0 Å². The quantitative estimate of drug-likeness (QED) is 0.247. The Balaban J connectivity index is 1.41. The second-order valence-corrected chi connectivity index (χ2v) is 11.4. The summed E-state index contributed by atoms with van der Waals surface area (Å²) in [5.74, 6) is -0.769. The second-order valence-electron chi connectivity index (χ2n) is 8.99. The lowest BCUT2D eigenvalue weighted by atomic mass is 9.92. The maximum absolute atomic E-state index is 12.8. The Labute approximate surface area is 222 Å². The molecule has 0 saturated heterocycles. The van der Waals surface area contributed by atoms with Crippen LogP contribution in [0.25, 0.3) is 21.6 Å². The van der Waals surface area contributed by atoms with Crippen LogP contribution in [0.5, 0.6) is 0 Å². The number of hydrogen-bond donors (Lipinski definition) is 2. The molecule has 0 aliphatic heterocycles. The van der Waals surface area contributed by atoms with Crippen molar-refractivity contribution in [3.8, 4) is 21.6 Å². The number of nitrogens with one attached hydrogen (secondary N) is 1. The van der Waals surface area contributed by atoms with Gasteiger partial charge in [0.15, 0.2) is 0 Å². The number of carboxylic acids is 1. The van der Waals surface area contributed by atoms with Gasteiger partial charge in [-0.25, -0.2) is 4.79 Å². The lowest BCUT2D eigenvalue weighted by Crippen LogP contribution is -2.19. The lowest BCUT2D eigenvalue weighted by Gasteiger charge is -2.15. The third-order valence-electron chi connectivity index (χ3n) is 6.64.